The second kappa shape index (κ2) is 6.28. The zero-order valence-corrected chi connectivity index (χ0v) is 15.8. The van der Waals surface area contributed by atoms with Gasteiger partial charge in [-0.3, -0.25) is 0 Å². The van der Waals surface area contributed by atoms with Gasteiger partial charge in [0.05, 0.1) is 0 Å². The largest absolute Gasteiger partial charge is 0.358 e. The molecule has 1 aliphatic carbocycles. The molecule has 3 aromatic carbocycles. The van der Waals surface area contributed by atoms with Crippen molar-refractivity contribution in [3.63, 3.8) is 0 Å². The average molecular weight is 349 g/mol. The van der Waals surface area contributed by atoms with Crippen LogP contribution < -0.4 is 0 Å². The summed E-state index contributed by atoms with van der Waals surface area (Å²) in [5, 5.41) is 1.34. The normalized spacial score (nSPS) is 13.1. The van der Waals surface area contributed by atoms with Crippen molar-refractivity contribution in [1.29, 1.82) is 0 Å². The molecular formula is C26H23N. The van der Waals surface area contributed by atoms with Crippen molar-refractivity contribution in [2.24, 2.45) is 0 Å². The summed E-state index contributed by atoms with van der Waals surface area (Å²) in [6.45, 7) is 4.33. The van der Waals surface area contributed by atoms with Crippen LogP contribution in [0.25, 0.3) is 39.2 Å². The Morgan fingerprint density at radius 2 is 1.44 bits per heavy atom. The van der Waals surface area contributed by atoms with Gasteiger partial charge in [0.2, 0.25) is 0 Å². The number of rotatable bonds is 2. The lowest BCUT2D eigenvalue weighted by Crippen LogP contribution is -1.90. The fourth-order valence-electron chi connectivity index (χ4n) is 4.14. The van der Waals surface area contributed by atoms with E-state index >= 15 is 0 Å². The van der Waals surface area contributed by atoms with Gasteiger partial charge >= 0.3 is 0 Å². The van der Waals surface area contributed by atoms with Crippen LogP contribution in [0.3, 0.4) is 0 Å². The molecule has 5 rings (SSSR count). The molecule has 1 aliphatic rings. The molecule has 0 saturated carbocycles. The highest BCUT2D eigenvalue weighted by molar-refractivity contribution is 5.95. The van der Waals surface area contributed by atoms with E-state index in [2.05, 4.69) is 91.6 Å². The quantitative estimate of drug-likeness (QED) is 0.398. The molecule has 0 spiro atoms. The number of aromatic amines is 1. The SMILES string of the molecule is Cc1ccc(-c2ccc(-c3cc4c5c([nH]c4cc3C)CCC=C5)cc2)cc1. The smallest absolute Gasteiger partial charge is 0.0465 e. The van der Waals surface area contributed by atoms with Crippen molar-refractivity contribution in [3.05, 3.63) is 89.1 Å². The first-order valence-corrected chi connectivity index (χ1v) is 9.68. The minimum absolute atomic E-state index is 1.11. The first-order valence-electron chi connectivity index (χ1n) is 9.68. The molecule has 4 aromatic rings. The Labute approximate surface area is 160 Å². The van der Waals surface area contributed by atoms with Gasteiger partial charge in [-0.2, -0.15) is 0 Å². The zero-order chi connectivity index (χ0) is 18.4. The fraction of sp³-hybridized carbons (Fsp3) is 0.154. The topological polar surface area (TPSA) is 15.8 Å². The van der Waals surface area contributed by atoms with Gasteiger partial charge in [0, 0.05) is 22.2 Å². The number of hydrogen-bond donors (Lipinski definition) is 1. The summed E-state index contributed by atoms with van der Waals surface area (Å²) < 4.78 is 0. The summed E-state index contributed by atoms with van der Waals surface area (Å²) in [6, 6.07) is 22.3. The maximum Gasteiger partial charge on any atom is 0.0465 e. The lowest BCUT2D eigenvalue weighted by atomic mass is 9.94. The van der Waals surface area contributed by atoms with Crippen molar-refractivity contribution in [3.8, 4) is 22.3 Å². The standard InChI is InChI=1S/C26H23N/c1-17-7-9-19(10-8-17)20-11-13-21(14-12-20)23-16-24-22-5-3-4-6-25(22)27-26(24)15-18(23)2/h3,5,7-16,27H,4,6H2,1-2H3. The first kappa shape index (κ1) is 16.1. The van der Waals surface area contributed by atoms with Crippen LogP contribution in [0, 0.1) is 13.8 Å². The van der Waals surface area contributed by atoms with Crippen LogP contribution >= 0.6 is 0 Å². The number of aryl methyl sites for hydroxylation is 3. The van der Waals surface area contributed by atoms with Crippen molar-refractivity contribution in [1.82, 2.24) is 4.98 Å². The minimum atomic E-state index is 1.11. The van der Waals surface area contributed by atoms with Crippen LogP contribution in [0.5, 0.6) is 0 Å². The van der Waals surface area contributed by atoms with Crippen LogP contribution in [-0.2, 0) is 6.42 Å². The van der Waals surface area contributed by atoms with Crippen LogP contribution in [0.15, 0.2) is 66.7 Å². The Hall–Kier alpha value is -3.06. The molecule has 1 nitrogen and oxygen atoms in total. The van der Waals surface area contributed by atoms with Gasteiger partial charge in [-0.05, 0) is 66.6 Å². The van der Waals surface area contributed by atoms with Gasteiger partial charge < -0.3 is 4.98 Å². The lowest BCUT2D eigenvalue weighted by Gasteiger charge is -2.09. The molecule has 0 saturated heterocycles. The van der Waals surface area contributed by atoms with Crippen LogP contribution in [-0.4, -0.2) is 4.98 Å². The van der Waals surface area contributed by atoms with E-state index in [-0.39, 0.29) is 0 Å². The molecule has 0 unspecified atom stereocenters. The summed E-state index contributed by atoms with van der Waals surface area (Å²) in [6.07, 6.45) is 6.80. The summed E-state index contributed by atoms with van der Waals surface area (Å²) in [7, 11) is 0. The third kappa shape index (κ3) is 2.80. The first-order chi connectivity index (χ1) is 13.2. The lowest BCUT2D eigenvalue weighted by molar-refractivity contribution is 0.951. The molecule has 132 valence electrons. The molecule has 0 aliphatic heterocycles. The van der Waals surface area contributed by atoms with E-state index in [9.17, 15) is 0 Å². The summed E-state index contributed by atoms with van der Waals surface area (Å²) in [4.78, 5) is 3.62. The van der Waals surface area contributed by atoms with Crippen molar-refractivity contribution in [2.45, 2.75) is 26.7 Å². The van der Waals surface area contributed by atoms with E-state index in [0.29, 0.717) is 0 Å². The van der Waals surface area contributed by atoms with Gasteiger partial charge in [0.15, 0.2) is 0 Å². The van der Waals surface area contributed by atoms with Gasteiger partial charge in [0.25, 0.3) is 0 Å². The Balaban J connectivity index is 1.58. The highest BCUT2D eigenvalue weighted by Gasteiger charge is 2.14. The van der Waals surface area contributed by atoms with E-state index in [4.69, 9.17) is 0 Å². The molecule has 1 N–H and O–H groups in total. The number of nitrogens with one attached hydrogen (secondary N) is 1. The van der Waals surface area contributed by atoms with Crippen molar-refractivity contribution < 1.29 is 0 Å². The van der Waals surface area contributed by atoms with E-state index in [0.717, 1.165) is 12.8 Å². The van der Waals surface area contributed by atoms with Gasteiger partial charge in [0.1, 0.15) is 0 Å². The maximum atomic E-state index is 3.62. The van der Waals surface area contributed by atoms with E-state index in [1.165, 1.54) is 55.5 Å². The second-order valence-corrected chi connectivity index (χ2v) is 7.61. The zero-order valence-electron chi connectivity index (χ0n) is 15.8. The number of aromatic nitrogens is 1. The molecule has 0 fully saturated rings. The summed E-state index contributed by atoms with van der Waals surface area (Å²) in [5.74, 6) is 0. The van der Waals surface area contributed by atoms with Crippen LogP contribution in [0.1, 0.15) is 28.8 Å². The monoisotopic (exact) mass is 349 g/mol. The number of H-pyrrole nitrogens is 1. The molecule has 27 heavy (non-hydrogen) atoms. The number of benzene rings is 3. The highest BCUT2D eigenvalue weighted by atomic mass is 14.7. The Morgan fingerprint density at radius 1 is 0.778 bits per heavy atom. The summed E-state index contributed by atoms with van der Waals surface area (Å²) >= 11 is 0. The third-order valence-corrected chi connectivity index (χ3v) is 5.69. The van der Waals surface area contributed by atoms with Crippen molar-refractivity contribution in [2.75, 3.05) is 0 Å². The second-order valence-electron chi connectivity index (χ2n) is 7.61. The number of hydrogen-bond acceptors (Lipinski definition) is 0. The molecule has 1 aromatic heterocycles. The van der Waals surface area contributed by atoms with E-state index < -0.39 is 0 Å². The highest BCUT2D eigenvalue weighted by Crippen LogP contribution is 2.34. The average Bonchev–Trinajstić information content (AvgIpc) is 3.05. The molecule has 1 heteroatoms. The molecule has 0 bridgehead atoms. The fourth-order valence-corrected chi connectivity index (χ4v) is 4.14. The van der Waals surface area contributed by atoms with Gasteiger partial charge in [-0.1, -0.05) is 66.2 Å². The third-order valence-electron chi connectivity index (χ3n) is 5.69. The number of allylic oxidation sites excluding steroid dienone is 1. The molecular weight excluding hydrogens is 326 g/mol. The number of fused-ring (bicyclic) bond motifs is 3. The van der Waals surface area contributed by atoms with E-state index in [1.807, 2.05) is 0 Å². The molecule has 0 radical (unpaired) electrons. The van der Waals surface area contributed by atoms with Crippen LogP contribution in [0.2, 0.25) is 0 Å². The van der Waals surface area contributed by atoms with Gasteiger partial charge in [-0.15, -0.1) is 0 Å². The van der Waals surface area contributed by atoms with Crippen molar-refractivity contribution >= 4 is 17.0 Å². The predicted octanol–water partition coefficient (Wildman–Crippen LogP) is 7.08. The Bertz CT molecular complexity index is 1160. The summed E-state index contributed by atoms with van der Waals surface area (Å²) in [5.41, 5.74) is 11.7. The van der Waals surface area contributed by atoms with Crippen LogP contribution in [0.4, 0.5) is 0 Å². The Morgan fingerprint density at radius 3 is 2.19 bits per heavy atom. The molecule has 0 atom stereocenters. The molecule has 1 heterocycles. The maximum absolute atomic E-state index is 3.62. The predicted molar refractivity (Wildman–Crippen MR) is 116 cm³/mol. The molecule has 0 amide bonds. The van der Waals surface area contributed by atoms with E-state index in [1.54, 1.807) is 0 Å². The minimum Gasteiger partial charge on any atom is -0.358 e. The Kier molecular flexibility index (Phi) is 3.75. The van der Waals surface area contributed by atoms with Gasteiger partial charge in [-0.25, -0.2) is 0 Å².